The molecule has 6 nitrogen and oxygen atoms in total. The van der Waals surface area contributed by atoms with E-state index in [9.17, 15) is 5.11 Å². The number of fused-ring (bicyclic) bond motifs is 1. The molecule has 1 aliphatic rings. The Morgan fingerprint density at radius 3 is 3.21 bits per heavy atom. The van der Waals surface area contributed by atoms with Crippen LogP contribution in [0.2, 0.25) is 0 Å². The number of halogens is 1. The summed E-state index contributed by atoms with van der Waals surface area (Å²) in [6.07, 6.45) is 2.29. The van der Waals surface area contributed by atoms with Crippen LogP contribution in [0.1, 0.15) is 13.3 Å². The van der Waals surface area contributed by atoms with Crippen molar-refractivity contribution in [3.63, 3.8) is 0 Å². The van der Waals surface area contributed by atoms with Gasteiger partial charge in [-0.05, 0) is 35.0 Å². The fraction of sp³-hybridized carbons (Fsp3) is 0.500. The van der Waals surface area contributed by atoms with Crippen molar-refractivity contribution >= 4 is 27.5 Å². The molecule has 2 aromatic rings. The Kier molecular flexibility index (Phi) is 3.20. The van der Waals surface area contributed by atoms with Crippen molar-refractivity contribution in [2.24, 2.45) is 0 Å². The van der Waals surface area contributed by atoms with E-state index in [2.05, 4.69) is 31.3 Å². The van der Waals surface area contributed by atoms with Gasteiger partial charge in [0.1, 0.15) is 5.60 Å². The molecule has 2 atom stereocenters. The number of anilines is 1. The third-order valence-electron chi connectivity index (χ3n) is 3.51. The summed E-state index contributed by atoms with van der Waals surface area (Å²) in [5.41, 5.74) is -0.0914. The minimum Gasteiger partial charge on any atom is -0.385 e. The lowest BCUT2D eigenvalue weighted by atomic mass is 9.97. The fourth-order valence-electron chi connectivity index (χ4n) is 2.17. The second-order valence-corrected chi connectivity index (χ2v) is 5.72. The minimum atomic E-state index is -0.849. The number of nitrogens with one attached hydrogen (secondary N) is 1. The van der Waals surface area contributed by atoms with Gasteiger partial charge in [-0.2, -0.15) is 4.98 Å². The highest BCUT2D eigenvalue weighted by atomic mass is 79.9. The second kappa shape index (κ2) is 4.73. The monoisotopic (exact) mass is 326 g/mol. The normalized spacial score (nSPS) is 27.0. The van der Waals surface area contributed by atoms with Crippen LogP contribution in [0.25, 0.3) is 5.65 Å². The Hall–Kier alpha value is -1.18. The van der Waals surface area contributed by atoms with Gasteiger partial charge in [-0.15, -0.1) is 5.10 Å². The molecule has 1 saturated heterocycles. The van der Waals surface area contributed by atoms with Gasteiger partial charge in [0.2, 0.25) is 5.95 Å². The molecule has 3 heterocycles. The molecule has 2 aromatic heterocycles. The first-order valence-electron chi connectivity index (χ1n) is 6.17. The first-order chi connectivity index (χ1) is 9.07. The van der Waals surface area contributed by atoms with Crippen molar-refractivity contribution in [1.82, 2.24) is 14.6 Å². The standard InChI is InChI=1S/C12H15BrN4O2/c1-8-12(18,4-5-19-8)7-14-11-15-10-3-2-9(13)6-17(10)16-11/h2-3,6,8,18H,4-5,7H2,1H3,(H,14,16). The second-order valence-electron chi connectivity index (χ2n) is 4.81. The summed E-state index contributed by atoms with van der Waals surface area (Å²) in [6, 6.07) is 3.78. The predicted octanol–water partition coefficient (Wildman–Crippen LogP) is 1.44. The van der Waals surface area contributed by atoms with Crippen LogP contribution in [0.4, 0.5) is 5.95 Å². The number of hydrogen-bond donors (Lipinski definition) is 2. The van der Waals surface area contributed by atoms with E-state index < -0.39 is 5.60 Å². The first-order valence-corrected chi connectivity index (χ1v) is 6.96. The molecule has 0 aromatic carbocycles. The molecule has 0 saturated carbocycles. The lowest BCUT2D eigenvalue weighted by molar-refractivity contribution is -0.0176. The quantitative estimate of drug-likeness (QED) is 0.893. The molecule has 0 bridgehead atoms. The largest absolute Gasteiger partial charge is 0.385 e. The van der Waals surface area contributed by atoms with Crippen molar-refractivity contribution < 1.29 is 9.84 Å². The first kappa shape index (κ1) is 12.8. The van der Waals surface area contributed by atoms with Crippen molar-refractivity contribution in [2.45, 2.75) is 25.0 Å². The van der Waals surface area contributed by atoms with Gasteiger partial charge in [0, 0.05) is 30.2 Å². The van der Waals surface area contributed by atoms with E-state index in [1.54, 1.807) is 4.52 Å². The lowest BCUT2D eigenvalue weighted by Crippen LogP contribution is -2.43. The number of ether oxygens (including phenoxy) is 1. The summed E-state index contributed by atoms with van der Waals surface area (Å²) in [7, 11) is 0. The summed E-state index contributed by atoms with van der Waals surface area (Å²) in [6.45, 7) is 2.85. The summed E-state index contributed by atoms with van der Waals surface area (Å²) >= 11 is 3.39. The van der Waals surface area contributed by atoms with E-state index in [0.29, 0.717) is 25.5 Å². The fourth-order valence-corrected chi connectivity index (χ4v) is 2.49. The molecule has 2 N–H and O–H groups in total. The van der Waals surface area contributed by atoms with E-state index >= 15 is 0 Å². The summed E-state index contributed by atoms with van der Waals surface area (Å²) in [5, 5.41) is 17.8. The molecule has 1 fully saturated rings. The highest BCUT2D eigenvalue weighted by Gasteiger charge is 2.39. The van der Waals surface area contributed by atoms with Gasteiger partial charge in [0.25, 0.3) is 0 Å². The Balaban J connectivity index is 1.75. The zero-order valence-electron chi connectivity index (χ0n) is 10.5. The van der Waals surface area contributed by atoms with Gasteiger partial charge < -0.3 is 15.2 Å². The smallest absolute Gasteiger partial charge is 0.243 e. The van der Waals surface area contributed by atoms with Gasteiger partial charge in [-0.25, -0.2) is 4.52 Å². The van der Waals surface area contributed by atoms with Crippen LogP contribution >= 0.6 is 15.9 Å². The number of pyridine rings is 1. The SMILES string of the molecule is CC1OCCC1(O)CNc1nc2ccc(Br)cn2n1. The third kappa shape index (κ3) is 2.45. The highest BCUT2D eigenvalue weighted by Crippen LogP contribution is 2.25. The zero-order chi connectivity index (χ0) is 13.5. The summed E-state index contributed by atoms with van der Waals surface area (Å²) < 4.78 is 8.01. The van der Waals surface area contributed by atoms with Gasteiger partial charge in [0.05, 0.1) is 6.10 Å². The van der Waals surface area contributed by atoms with E-state index in [-0.39, 0.29) is 6.10 Å². The highest BCUT2D eigenvalue weighted by molar-refractivity contribution is 9.10. The average Bonchev–Trinajstić information content (AvgIpc) is 2.91. The Bertz CT molecular complexity index is 602. The van der Waals surface area contributed by atoms with Crippen molar-refractivity contribution in [3.05, 3.63) is 22.8 Å². The maximum absolute atomic E-state index is 10.4. The van der Waals surface area contributed by atoms with Gasteiger partial charge in [-0.1, -0.05) is 0 Å². The van der Waals surface area contributed by atoms with Crippen LogP contribution in [-0.2, 0) is 4.74 Å². The van der Waals surface area contributed by atoms with Crippen LogP contribution in [0.5, 0.6) is 0 Å². The number of nitrogens with zero attached hydrogens (tertiary/aromatic N) is 3. The molecular formula is C12H15BrN4O2. The maximum Gasteiger partial charge on any atom is 0.243 e. The Morgan fingerprint density at radius 1 is 1.63 bits per heavy atom. The molecule has 19 heavy (non-hydrogen) atoms. The van der Waals surface area contributed by atoms with Crippen LogP contribution in [-0.4, -0.2) is 44.6 Å². The van der Waals surface area contributed by atoms with Crippen molar-refractivity contribution in [2.75, 3.05) is 18.5 Å². The van der Waals surface area contributed by atoms with E-state index in [1.165, 1.54) is 0 Å². The van der Waals surface area contributed by atoms with Crippen LogP contribution in [0, 0.1) is 0 Å². The van der Waals surface area contributed by atoms with Crippen molar-refractivity contribution in [3.8, 4) is 0 Å². The maximum atomic E-state index is 10.4. The number of rotatable bonds is 3. The molecule has 3 rings (SSSR count). The number of hydrogen-bond acceptors (Lipinski definition) is 5. The van der Waals surface area contributed by atoms with E-state index in [0.717, 1.165) is 10.1 Å². The molecular weight excluding hydrogens is 312 g/mol. The molecule has 1 aliphatic heterocycles. The average molecular weight is 327 g/mol. The van der Waals surface area contributed by atoms with Crippen molar-refractivity contribution in [1.29, 1.82) is 0 Å². The zero-order valence-corrected chi connectivity index (χ0v) is 12.1. The molecule has 0 aliphatic carbocycles. The minimum absolute atomic E-state index is 0.175. The third-order valence-corrected chi connectivity index (χ3v) is 3.98. The predicted molar refractivity (Wildman–Crippen MR) is 74.2 cm³/mol. The van der Waals surface area contributed by atoms with E-state index in [4.69, 9.17) is 4.74 Å². The summed E-state index contributed by atoms with van der Waals surface area (Å²) in [5.74, 6) is 0.505. The van der Waals surface area contributed by atoms with Gasteiger partial charge >= 0.3 is 0 Å². The van der Waals surface area contributed by atoms with Gasteiger partial charge in [0.15, 0.2) is 5.65 Å². The number of aliphatic hydroxyl groups is 1. The molecule has 0 amide bonds. The van der Waals surface area contributed by atoms with Crippen LogP contribution in [0.15, 0.2) is 22.8 Å². The van der Waals surface area contributed by atoms with Gasteiger partial charge in [-0.3, -0.25) is 0 Å². The Morgan fingerprint density at radius 2 is 2.47 bits per heavy atom. The summed E-state index contributed by atoms with van der Waals surface area (Å²) in [4.78, 5) is 4.34. The lowest BCUT2D eigenvalue weighted by Gasteiger charge is -2.25. The Labute approximate surface area is 118 Å². The molecule has 0 spiro atoms. The molecule has 7 heteroatoms. The molecule has 0 radical (unpaired) electrons. The van der Waals surface area contributed by atoms with Crippen LogP contribution < -0.4 is 5.32 Å². The van der Waals surface area contributed by atoms with Crippen LogP contribution in [0.3, 0.4) is 0 Å². The number of aromatic nitrogens is 3. The topological polar surface area (TPSA) is 71.7 Å². The van der Waals surface area contributed by atoms with E-state index in [1.807, 2.05) is 25.3 Å². The molecule has 102 valence electrons. The molecule has 2 unspecified atom stereocenters.